The number of rotatable bonds is 13. The van der Waals surface area contributed by atoms with Crippen LogP contribution in [0.4, 0.5) is 0 Å². The average molecular weight is 380 g/mol. The Balaban J connectivity index is 3.85. The Labute approximate surface area is 149 Å². The van der Waals surface area contributed by atoms with E-state index in [-0.39, 0.29) is 14.9 Å². The molecule has 23 heavy (non-hydrogen) atoms. The summed E-state index contributed by atoms with van der Waals surface area (Å²) in [6.45, 7) is 19.7. The molecule has 7 heteroatoms. The topological polar surface area (TPSA) is 30.9 Å². The molecule has 0 N–H and O–H groups in total. The summed E-state index contributed by atoms with van der Waals surface area (Å²) in [6.07, 6.45) is 2.28. The van der Waals surface area contributed by atoms with Crippen molar-refractivity contribution in [2.24, 2.45) is 0 Å². The molecule has 0 amide bonds. The van der Waals surface area contributed by atoms with Gasteiger partial charge in [0.25, 0.3) is 0 Å². The van der Waals surface area contributed by atoms with E-state index in [2.05, 4.69) is 43.5 Å². The lowest BCUT2D eigenvalue weighted by Crippen LogP contribution is -2.59. The van der Waals surface area contributed by atoms with E-state index in [1.54, 1.807) is 14.2 Å². The van der Waals surface area contributed by atoms with Crippen LogP contribution >= 0.6 is 0 Å². The summed E-state index contributed by atoms with van der Waals surface area (Å²) in [5.74, 6) is 0. The van der Waals surface area contributed by atoms with Crippen LogP contribution in [0.2, 0.25) is 45.3 Å². The molecule has 0 aliphatic rings. The van der Waals surface area contributed by atoms with Crippen molar-refractivity contribution in [2.45, 2.75) is 70.5 Å². The standard InChI is InChI=1S/C16H41NO3Si3/c1-16(18-2,19-3)21-15-11-14-20-13-10-12-17(22(4,5)6)23(7,8)9/h10-15,21H2,1-9H3. The van der Waals surface area contributed by atoms with Gasteiger partial charge in [-0.3, -0.25) is 0 Å². The molecule has 0 aromatic rings. The molecule has 0 aromatic heterocycles. The lowest BCUT2D eigenvalue weighted by atomic mass is 10.4. The number of methoxy groups -OCH3 is 2. The van der Waals surface area contributed by atoms with Crippen molar-refractivity contribution >= 4 is 26.0 Å². The number of hydrogen-bond acceptors (Lipinski definition) is 4. The van der Waals surface area contributed by atoms with E-state index in [9.17, 15) is 0 Å². The Morgan fingerprint density at radius 3 is 1.78 bits per heavy atom. The normalized spacial score (nSPS) is 14.3. The van der Waals surface area contributed by atoms with E-state index >= 15 is 0 Å². The molecule has 0 aliphatic carbocycles. The molecule has 140 valence electrons. The van der Waals surface area contributed by atoms with Crippen molar-refractivity contribution in [1.82, 2.24) is 4.23 Å². The zero-order valence-electron chi connectivity index (χ0n) is 17.1. The van der Waals surface area contributed by atoms with E-state index < -0.39 is 16.5 Å². The first-order valence-electron chi connectivity index (χ1n) is 8.92. The SMILES string of the molecule is COC(C)(OC)[SiH2]CCCOCCCN([Si](C)(C)C)[Si](C)(C)C. The lowest BCUT2D eigenvalue weighted by Gasteiger charge is -2.43. The molecule has 4 nitrogen and oxygen atoms in total. The van der Waals surface area contributed by atoms with Crippen LogP contribution in [-0.2, 0) is 14.2 Å². The van der Waals surface area contributed by atoms with Crippen LogP contribution < -0.4 is 0 Å². The van der Waals surface area contributed by atoms with Crippen LogP contribution in [-0.4, -0.2) is 69.6 Å². The van der Waals surface area contributed by atoms with E-state index in [1.165, 1.54) is 12.6 Å². The average Bonchev–Trinajstić information content (AvgIpc) is 2.42. The first kappa shape index (κ1) is 23.5. The number of nitrogens with zero attached hydrogens (tertiary/aromatic N) is 1. The first-order valence-corrected chi connectivity index (χ1v) is 17.5. The van der Waals surface area contributed by atoms with Gasteiger partial charge in [0.15, 0.2) is 0 Å². The third kappa shape index (κ3) is 10.2. The third-order valence-electron chi connectivity index (χ3n) is 4.32. The number of ether oxygens (including phenoxy) is 3. The van der Waals surface area contributed by atoms with Crippen LogP contribution in [0.1, 0.15) is 19.8 Å². The fourth-order valence-electron chi connectivity index (χ4n) is 3.04. The number of hydrogen-bond donors (Lipinski definition) is 0. The highest BCUT2D eigenvalue weighted by atomic mass is 28.4. The van der Waals surface area contributed by atoms with Crippen LogP contribution in [0.5, 0.6) is 0 Å². The maximum atomic E-state index is 5.84. The van der Waals surface area contributed by atoms with Gasteiger partial charge in [-0.15, -0.1) is 0 Å². The summed E-state index contributed by atoms with van der Waals surface area (Å²) in [6, 6.07) is 1.20. The summed E-state index contributed by atoms with van der Waals surface area (Å²) in [5, 5.41) is 0. The van der Waals surface area contributed by atoms with Gasteiger partial charge < -0.3 is 18.4 Å². The van der Waals surface area contributed by atoms with Crippen molar-refractivity contribution in [3.05, 3.63) is 0 Å². The molecule has 0 saturated carbocycles. The second-order valence-corrected chi connectivity index (χ2v) is 21.2. The molecule has 0 aromatic carbocycles. The monoisotopic (exact) mass is 379 g/mol. The molecule has 0 rings (SSSR count). The molecule has 0 bridgehead atoms. The van der Waals surface area contributed by atoms with Crippen molar-refractivity contribution in [3.63, 3.8) is 0 Å². The Bertz CT molecular complexity index is 299. The minimum absolute atomic E-state index is 0.310. The van der Waals surface area contributed by atoms with Gasteiger partial charge in [0, 0.05) is 27.4 Å². The van der Waals surface area contributed by atoms with Gasteiger partial charge in [0.2, 0.25) is 0 Å². The van der Waals surface area contributed by atoms with Gasteiger partial charge in [-0.1, -0.05) is 45.3 Å². The quantitative estimate of drug-likeness (QED) is 0.279. The third-order valence-corrected chi connectivity index (χ3v) is 14.4. The van der Waals surface area contributed by atoms with Crippen LogP contribution in [0.15, 0.2) is 0 Å². The van der Waals surface area contributed by atoms with Crippen molar-refractivity contribution in [2.75, 3.05) is 34.0 Å². The van der Waals surface area contributed by atoms with E-state index in [1.807, 2.05) is 6.92 Å². The summed E-state index contributed by atoms with van der Waals surface area (Å²) in [7, 11) is 0.651. The summed E-state index contributed by atoms with van der Waals surface area (Å²) in [4.78, 5) is 0. The molecular weight excluding hydrogens is 338 g/mol. The van der Waals surface area contributed by atoms with Gasteiger partial charge in [-0.25, -0.2) is 0 Å². The Morgan fingerprint density at radius 2 is 1.35 bits per heavy atom. The smallest absolute Gasteiger partial charge is 0.141 e. The van der Waals surface area contributed by atoms with E-state index in [0.29, 0.717) is 0 Å². The second-order valence-electron chi connectivity index (χ2n) is 8.46. The van der Waals surface area contributed by atoms with Gasteiger partial charge in [0.1, 0.15) is 21.9 Å². The fraction of sp³-hybridized carbons (Fsp3) is 1.00. The van der Waals surface area contributed by atoms with Crippen molar-refractivity contribution in [3.8, 4) is 0 Å². The molecular formula is C16H41NO3Si3. The molecule has 0 atom stereocenters. The molecule has 0 unspecified atom stereocenters. The van der Waals surface area contributed by atoms with Crippen LogP contribution in [0.3, 0.4) is 0 Å². The Morgan fingerprint density at radius 1 is 0.870 bits per heavy atom. The van der Waals surface area contributed by atoms with Crippen LogP contribution in [0, 0.1) is 0 Å². The summed E-state index contributed by atoms with van der Waals surface area (Å²) in [5.41, 5.74) is -0.310. The largest absolute Gasteiger partial charge is 0.381 e. The molecule has 0 saturated heterocycles. The predicted octanol–water partition coefficient (Wildman–Crippen LogP) is 3.31. The maximum Gasteiger partial charge on any atom is 0.141 e. The van der Waals surface area contributed by atoms with Gasteiger partial charge in [-0.05, 0) is 26.3 Å². The zero-order valence-corrected chi connectivity index (χ0v) is 20.5. The predicted molar refractivity (Wildman–Crippen MR) is 109 cm³/mol. The molecule has 0 aliphatic heterocycles. The first-order chi connectivity index (χ1) is 10.5. The summed E-state index contributed by atoms with van der Waals surface area (Å²) < 4.78 is 19.5. The summed E-state index contributed by atoms with van der Waals surface area (Å²) >= 11 is 0. The highest BCUT2D eigenvalue weighted by Crippen LogP contribution is 2.19. The van der Waals surface area contributed by atoms with E-state index in [4.69, 9.17) is 14.2 Å². The zero-order chi connectivity index (χ0) is 18.1. The van der Waals surface area contributed by atoms with Crippen molar-refractivity contribution in [1.29, 1.82) is 0 Å². The van der Waals surface area contributed by atoms with Crippen molar-refractivity contribution < 1.29 is 14.2 Å². The minimum Gasteiger partial charge on any atom is -0.381 e. The molecule has 0 fully saturated rings. The minimum atomic E-state index is -1.22. The molecule has 0 heterocycles. The Kier molecular flexibility index (Phi) is 10.7. The van der Waals surface area contributed by atoms with Crippen LogP contribution in [0.25, 0.3) is 0 Å². The molecule has 0 spiro atoms. The van der Waals surface area contributed by atoms with E-state index in [0.717, 1.165) is 26.1 Å². The second kappa shape index (κ2) is 10.5. The highest BCUT2D eigenvalue weighted by Gasteiger charge is 2.33. The van der Waals surface area contributed by atoms with Gasteiger partial charge in [-0.2, -0.15) is 0 Å². The molecule has 0 radical (unpaired) electrons. The Hall–Kier alpha value is 0.491. The fourth-order valence-corrected chi connectivity index (χ4v) is 14.3. The maximum absolute atomic E-state index is 5.84. The van der Waals surface area contributed by atoms with Gasteiger partial charge >= 0.3 is 0 Å². The van der Waals surface area contributed by atoms with Gasteiger partial charge in [0.05, 0.1) is 9.52 Å². The lowest BCUT2D eigenvalue weighted by molar-refractivity contribution is -0.130. The highest BCUT2D eigenvalue weighted by molar-refractivity contribution is 6.89.